The molecule has 1 aromatic heterocycles. The molecule has 0 fully saturated rings. The molecule has 0 aliphatic carbocycles. The summed E-state index contributed by atoms with van der Waals surface area (Å²) in [6.07, 6.45) is 2.21. The molecule has 0 radical (unpaired) electrons. The minimum absolute atomic E-state index is 0.244. The van der Waals surface area contributed by atoms with Crippen molar-refractivity contribution < 1.29 is 9.21 Å². The Balaban J connectivity index is 1.71. The molecule has 6 heteroatoms. The van der Waals surface area contributed by atoms with Crippen LogP contribution >= 0.6 is 23.2 Å². The number of halogens is 2. The van der Waals surface area contributed by atoms with Crippen LogP contribution in [0.3, 0.4) is 0 Å². The number of carbonyl (C=O) groups is 1. The van der Waals surface area contributed by atoms with Gasteiger partial charge >= 0.3 is 6.03 Å². The number of amides is 2. The third-order valence-electron chi connectivity index (χ3n) is 2.70. The second kappa shape index (κ2) is 7.22. The van der Waals surface area contributed by atoms with Gasteiger partial charge in [0, 0.05) is 16.6 Å². The van der Waals surface area contributed by atoms with E-state index in [1.165, 1.54) is 0 Å². The number of nitrogens with one attached hydrogen (secondary N) is 2. The van der Waals surface area contributed by atoms with Gasteiger partial charge < -0.3 is 15.1 Å². The van der Waals surface area contributed by atoms with E-state index in [0.717, 1.165) is 5.56 Å². The van der Waals surface area contributed by atoms with E-state index in [4.69, 9.17) is 27.6 Å². The molecular weight excluding hydrogens is 299 g/mol. The summed E-state index contributed by atoms with van der Waals surface area (Å²) in [6.45, 7) is 0.853. The van der Waals surface area contributed by atoms with Crippen LogP contribution in [-0.4, -0.2) is 12.6 Å². The Labute approximate surface area is 127 Å². The number of rotatable bonds is 5. The van der Waals surface area contributed by atoms with Gasteiger partial charge in [0.2, 0.25) is 0 Å². The van der Waals surface area contributed by atoms with E-state index in [2.05, 4.69) is 10.6 Å². The van der Waals surface area contributed by atoms with Crippen molar-refractivity contribution in [2.45, 2.75) is 13.0 Å². The molecule has 106 valence electrons. The van der Waals surface area contributed by atoms with Crippen LogP contribution in [0.15, 0.2) is 41.0 Å². The second-order valence-electron chi connectivity index (χ2n) is 4.17. The minimum atomic E-state index is -0.244. The van der Waals surface area contributed by atoms with Crippen molar-refractivity contribution in [3.63, 3.8) is 0 Å². The van der Waals surface area contributed by atoms with E-state index in [9.17, 15) is 4.79 Å². The van der Waals surface area contributed by atoms with Gasteiger partial charge in [-0.25, -0.2) is 4.79 Å². The first kappa shape index (κ1) is 14.8. The maximum absolute atomic E-state index is 11.5. The molecule has 0 spiro atoms. The van der Waals surface area contributed by atoms with Crippen LogP contribution in [0, 0.1) is 0 Å². The van der Waals surface area contributed by atoms with Crippen molar-refractivity contribution in [1.29, 1.82) is 0 Å². The number of hydrogen-bond donors (Lipinski definition) is 2. The van der Waals surface area contributed by atoms with E-state index in [-0.39, 0.29) is 6.03 Å². The highest BCUT2D eigenvalue weighted by Gasteiger charge is 2.04. The zero-order chi connectivity index (χ0) is 14.4. The normalized spacial score (nSPS) is 10.3. The lowest BCUT2D eigenvalue weighted by atomic mass is 10.1. The summed E-state index contributed by atoms with van der Waals surface area (Å²) in [6, 6.07) is 8.65. The largest absolute Gasteiger partial charge is 0.467 e. The highest BCUT2D eigenvalue weighted by Crippen LogP contribution is 2.20. The summed E-state index contributed by atoms with van der Waals surface area (Å²) in [7, 11) is 0. The van der Waals surface area contributed by atoms with Crippen molar-refractivity contribution in [2.75, 3.05) is 6.54 Å². The zero-order valence-corrected chi connectivity index (χ0v) is 12.2. The van der Waals surface area contributed by atoms with Crippen LogP contribution in [0.25, 0.3) is 0 Å². The molecule has 0 atom stereocenters. The summed E-state index contributed by atoms with van der Waals surface area (Å²) in [5.41, 5.74) is 0.947. The van der Waals surface area contributed by atoms with Gasteiger partial charge in [-0.3, -0.25) is 0 Å². The monoisotopic (exact) mass is 312 g/mol. The summed E-state index contributed by atoms with van der Waals surface area (Å²) in [5.74, 6) is 0.709. The molecule has 1 aromatic carbocycles. The molecular formula is C14H14Cl2N2O2. The van der Waals surface area contributed by atoms with Gasteiger partial charge in [0.15, 0.2) is 0 Å². The maximum atomic E-state index is 11.5. The highest BCUT2D eigenvalue weighted by atomic mass is 35.5. The van der Waals surface area contributed by atoms with Gasteiger partial charge in [0.05, 0.1) is 12.8 Å². The predicted molar refractivity (Wildman–Crippen MR) is 79.1 cm³/mol. The molecule has 20 heavy (non-hydrogen) atoms. The number of hydrogen-bond acceptors (Lipinski definition) is 2. The molecule has 0 unspecified atom stereocenters. The lowest BCUT2D eigenvalue weighted by Crippen LogP contribution is -2.36. The number of benzene rings is 1. The van der Waals surface area contributed by atoms with E-state index in [0.29, 0.717) is 35.3 Å². The average Bonchev–Trinajstić information content (AvgIpc) is 2.92. The van der Waals surface area contributed by atoms with Gasteiger partial charge in [-0.05, 0) is 36.2 Å². The van der Waals surface area contributed by atoms with Crippen LogP contribution in [0.5, 0.6) is 0 Å². The van der Waals surface area contributed by atoms with Crippen molar-refractivity contribution in [1.82, 2.24) is 10.6 Å². The Morgan fingerprint density at radius 2 is 2.05 bits per heavy atom. The quantitative estimate of drug-likeness (QED) is 0.885. The predicted octanol–water partition coefficient (Wildman–Crippen LogP) is 3.63. The Morgan fingerprint density at radius 1 is 1.20 bits per heavy atom. The van der Waals surface area contributed by atoms with Crippen molar-refractivity contribution >= 4 is 29.2 Å². The molecule has 0 saturated carbocycles. The first-order valence-corrected chi connectivity index (χ1v) is 6.89. The van der Waals surface area contributed by atoms with E-state index in [1.807, 2.05) is 6.07 Å². The first-order valence-electron chi connectivity index (χ1n) is 6.13. The van der Waals surface area contributed by atoms with Crippen LogP contribution in [0.4, 0.5) is 4.79 Å². The molecule has 0 aliphatic heterocycles. The van der Waals surface area contributed by atoms with Crippen molar-refractivity contribution in [3.05, 3.63) is 58.0 Å². The zero-order valence-electron chi connectivity index (χ0n) is 10.7. The Morgan fingerprint density at radius 3 is 2.75 bits per heavy atom. The molecule has 2 amide bonds. The maximum Gasteiger partial charge on any atom is 0.315 e. The first-order chi connectivity index (χ1) is 9.65. The minimum Gasteiger partial charge on any atom is -0.467 e. The van der Waals surface area contributed by atoms with E-state index >= 15 is 0 Å². The Hall–Kier alpha value is -1.65. The topological polar surface area (TPSA) is 54.3 Å². The third kappa shape index (κ3) is 4.47. The summed E-state index contributed by atoms with van der Waals surface area (Å²) >= 11 is 11.9. The van der Waals surface area contributed by atoms with E-state index < -0.39 is 0 Å². The molecule has 2 N–H and O–H groups in total. The fourth-order valence-electron chi connectivity index (χ4n) is 1.68. The van der Waals surface area contributed by atoms with Gasteiger partial charge in [-0.15, -0.1) is 0 Å². The Bertz CT molecular complexity index is 571. The molecule has 0 aliphatic rings. The van der Waals surface area contributed by atoms with Crippen LogP contribution in [-0.2, 0) is 13.0 Å². The van der Waals surface area contributed by atoms with E-state index in [1.54, 1.807) is 30.5 Å². The molecule has 1 heterocycles. The molecule has 0 bridgehead atoms. The van der Waals surface area contributed by atoms with Gasteiger partial charge in [0.25, 0.3) is 0 Å². The number of urea groups is 1. The van der Waals surface area contributed by atoms with Gasteiger partial charge in [0.1, 0.15) is 5.76 Å². The van der Waals surface area contributed by atoms with Crippen LogP contribution < -0.4 is 10.6 Å². The summed E-state index contributed by atoms with van der Waals surface area (Å²) < 4.78 is 5.11. The average molecular weight is 313 g/mol. The lowest BCUT2D eigenvalue weighted by Gasteiger charge is -2.08. The SMILES string of the molecule is O=C(NCCc1ccc(Cl)cc1Cl)NCc1ccco1. The fraction of sp³-hybridized carbons (Fsp3) is 0.214. The molecule has 2 aromatic rings. The molecule has 0 saturated heterocycles. The molecule has 2 rings (SSSR count). The highest BCUT2D eigenvalue weighted by molar-refractivity contribution is 6.35. The second-order valence-corrected chi connectivity index (χ2v) is 5.02. The Kier molecular flexibility index (Phi) is 5.32. The number of furan rings is 1. The lowest BCUT2D eigenvalue weighted by molar-refractivity contribution is 0.239. The fourth-order valence-corrected chi connectivity index (χ4v) is 2.18. The summed E-state index contributed by atoms with van der Waals surface area (Å²) in [5, 5.41) is 6.66. The standard InChI is InChI=1S/C14H14Cl2N2O2/c15-11-4-3-10(13(16)8-11)5-6-17-14(19)18-9-12-2-1-7-20-12/h1-4,7-8H,5-6,9H2,(H2,17,18,19). The van der Waals surface area contributed by atoms with Crippen molar-refractivity contribution in [2.24, 2.45) is 0 Å². The van der Waals surface area contributed by atoms with Gasteiger partial charge in [-0.2, -0.15) is 0 Å². The van der Waals surface area contributed by atoms with Crippen molar-refractivity contribution in [3.8, 4) is 0 Å². The van der Waals surface area contributed by atoms with Crippen LogP contribution in [0.2, 0.25) is 10.0 Å². The number of carbonyl (C=O) groups excluding carboxylic acids is 1. The third-order valence-corrected chi connectivity index (χ3v) is 3.29. The smallest absolute Gasteiger partial charge is 0.315 e. The summed E-state index contributed by atoms with van der Waals surface area (Å²) in [4.78, 5) is 11.5. The van der Waals surface area contributed by atoms with Gasteiger partial charge in [-0.1, -0.05) is 29.3 Å². The van der Waals surface area contributed by atoms with Crippen LogP contribution in [0.1, 0.15) is 11.3 Å². The molecule has 4 nitrogen and oxygen atoms in total.